The summed E-state index contributed by atoms with van der Waals surface area (Å²) in [6.45, 7) is 1.92. The smallest absolute Gasteiger partial charge is 0.338 e. The van der Waals surface area contributed by atoms with Crippen molar-refractivity contribution >= 4 is 46.7 Å². The minimum Gasteiger partial charge on any atom is -0.465 e. The third-order valence-corrected chi connectivity index (χ3v) is 4.57. The van der Waals surface area contributed by atoms with Gasteiger partial charge in [0.05, 0.1) is 30.5 Å². The molecule has 2 aromatic rings. The normalized spacial score (nSPS) is 13.5. The molecule has 1 N–H and O–H groups in total. The van der Waals surface area contributed by atoms with Crippen molar-refractivity contribution in [2.24, 2.45) is 0 Å². The molecule has 8 nitrogen and oxygen atoms in total. The Balaban J connectivity index is 1.83. The van der Waals surface area contributed by atoms with Gasteiger partial charge >= 0.3 is 11.9 Å². The van der Waals surface area contributed by atoms with Crippen LogP contribution >= 0.6 is 11.6 Å². The van der Waals surface area contributed by atoms with E-state index in [1.165, 1.54) is 37.4 Å². The Morgan fingerprint density at radius 3 is 2.33 bits per heavy atom. The first-order chi connectivity index (χ1) is 14.4. The molecule has 30 heavy (non-hydrogen) atoms. The molecule has 154 valence electrons. The van der Waals surface area contributed by atoms with Crippen LogP contribution in [0.3, 0.4) is 0 Å². The number of nitrogens with one attached hydrogen (secondary N) is 1. The number of imide groups is 1. The van der Waals surface area contributed by atoms with Crippen molar-refractivity contribution in [1.82, 2.24) is 0 Å². The molecule has 0 radical (unpaired) electrons. The first-order valence-corrected chi connectivity index (χ1v) is 9.26. The van der Waals surface area contributed by atoms with Crippen molar-refractivity contribution in [3.63, 3.8) is 0 Å². The molecule has 0 saturated carbocycles. The molecule has 0 aromatic heterocycles. The molecule has 2 aromatic carbocycles. The molecule has 0 spiro atoms. The summed E-state index contributed by atoms with van der Waals surface area (Å²) in [4.78, 5) is 49.8. The zero-order valence-corrected chi connectivity index (χ0v) is 16.9. The molecule has 0 unspecified atom stereocenters. The van der Waals surface area contributed by atoms with E-state index in [4.69, 9.17) is 16.3 Å². The lowest BCUT2D eigenvalue weighted by Crippen LogP contribution is -2.32. The summed E-state index contributed by atoms with van der Waals surface area (Å²) >= 11 is 6.11. The largest absolute Gasteiger partial charge is 0.465 e. The molecule has 0 bridgehead atoms. The highest BCUT2D eigenvalue weighted by atomic mass is 35.5. The number of anilines is 2. The van der Waals surface area contributed by atoms with Crippen LogP contribution < -0.4 is 10.2 Å². The number of esters is 2. The van der Waals surface area contributed by atoms with Gasteiger partial charge in [0.1, 0.15) is 10.7 Å². The summed E-state index contributed by atoms with van der Waals surface area (Å²) in [5.41, 5.74) is 1.06. The van der Waals surface area contributed by atoms with E-state index in [0.717, 1.165) is 4.90 Å². The quantitative estimate of drug-likeness (QED) is 0.557. The lowest BCUT2D eigenvalue weighted by atomic mass is 10.2. The number of benzene rings is 2. The summed E-state index contributed by atoms with van der Waals surface area (Å²) in [6, 6.07) is 12.0. The Morgan fingerprint density at radius 2 is 1.70 bits per heavy atom. The molecule has 0 saturated heterocycles. The number of nitrogens with zero attached hydrogens (tertiary/aromatic N) is 1. The summed E-state index contributed by atoms with van der Waals surface area (Å²) in [5.74, 6) is -2.43. The molecule has 0 fully saturated rings. The van der Waals surface area contributed by atoms with E-state index in [1.807, 2.05) is 0 Å². The molecular weight excluding hydrogens is 412 g/mol. The fourth-order valence-corrected chi connectivity index (χ4v) is 3.01. The first-order valence-electron chi connectivity index (χ1n) is 8.88. The van der Waals surface area contributed by atoms with E-state index in [9.17, 15) is 19.2 Å². The van der Waals surface area contributed by atoms with E-state index in [1.54, 1.807) is 25.1 Å². The van der Waals surface area contributed by atoms with Gasteiger partial charge in [0.15, 0.2) is 0 Å². The van der Waals surface area contributed by atoms with Crippen molar-refractivity contribution in [3.05, 3.63) is 70.4 Å². The lowest BCUT2D eigenvalue weighted by Gasteiger charge is -2.15. The van der Waals surface area contributed by atoms with Gasteiger partial charge in [-0.05, 0) is 49.4 Å². The number of carbonyl (C=O) groups is 4. The van der Waals surface area contributed by atoms with Gasteiger partial charge in [-0.2, -0.15) is 0 Å². The number of hydrogen-bond acceptors (Lipinski definition) is 7. The maximum absolute atomic E-state index is 12.8. The Morgan fingerprint density at radius 1 is 1.00 bits per heavy atom. The minimum absolute atomic E-state index is 0.127. The number of ether oxygens (including phenoxy) is 2. The molecule has 1 aliphatic rings. The summed E-state index contributed by atoms with van der Waals surface area (Å²) in [5, 5.41) is 2.50. The summed E-state index contributed by atoms with van der Waals surface area (Å²) < 4.78 is 9.58. The Hall–Kier alpha value is -3.65. The van der Waals surface area contributed by atoms with Crippen molar-refractivity contribution < 1.29 is 28.7 Å². The number of hydrogen-bond donors (Lipinski definition) is 1. The monoisotopic (exact) mass is 428 g/mol. The standard InChI is InChI=1S/C21H17ClN2O6/c1-3-30-21(28)12-7-9-15(10-8-12)24-18(25)16(22)17(19(24)26)23-14-6-4-5-13(11-14)20(27)29-2/h4-11,23H,3H2,1-2H3. The lowest BCUT2D eigenvalue weighted by molar-refractivity contribution is -0.120. The fourth-order valence-electron chi connectivity index (χ4n) is 2.79. The number of rotatable bonds is 6. The molecule has 1 aliphatic heterocycles. The second-order valence-electron chi connectivity index (χ2n) is 6.10. The molecule has 9 heteroatoms. The average molecular weight is 429 g/mol. The van der Waals surface area contributed by atoms with Crippen LogP contribution in [-0.2, 0) is 19.1 Å². The van der Waals surface area contributed by atoms with Gasteiger partial charge in [0.2, 0.25) is 0 Å². The fraction of sp³-hybridized carbons (Fsp3) is 0.143. The van der Waals surface area contributed by atoms with Gasteiger partial charge in [0.25, 0.3) is 11.8 Å². The second-order valence-corrected chi connectivity index (χ2v) is 6.48. The van der Waals surface area contributed by atoms with Crippen LogP contribution in [0.1, 0.15) is 27.6 Å². The van der Waals surface area contributed by atoms with Gasteiger partial charge in [0, 0.05) is 5.69 Å². The zero-order valence-electron chi connectivity index (χ0n) is 16.1. The van der Waals surface area contributed by atoms with E-state index >= 15 is 0 Å². The molecule has 1 heterocycles. The van der Waals surface area contributed by atoms with Crippen LogP contribution in [0, 0.1) is 0 Å². The highest BCUT2D eigenvalue weighted by Crippen LogP contribution is 2.30. The van der Waals surface area contributed by atoms with Gasteiger partial charge in [-0.15, -0.1) is 0 Å². The van der Waals surface area contributed by atoms with E-state index in [-0.39, 0.29) is 34.2 Å². The van der Waals surface area contributed by atoms with Crippen molar-refractivity contribution in [3.8, 4) is 0 Å². The van der Waals surface area contributed by atoms with Crippen LogP contribution in [0.2, 0.25) is 0 Å². The van der Waals surface area contributed by atoms with Gasteiger partial charge < -0.3 is 14.8 Å². The van der Waals surface area contributed by atoms with Crippen LogP contribution in [0.4, 0.5) is 11.4 Å². The number of amides is 2. The molecule has 2 amide bonds. The van der Waals surface area contributed by atoms with Crippen LogP contribution in [0.25, 0.3) is 0 Å². The highest BCUT2D eigenvalue weighted by Gasteiger charge is 2.39. The second kappa shape index (κ2) is 8.79. The molecule has 0 atom stereocenters. The number of methoxy groups -OCH3 is 1. The summed E-state index contributed by atoms with van der Waals surface area (Å²) in [7, 11) is 1.26. The zero-order chi connectivity index (χ0) is 21.8. The highest BCUT2D eigenvalue weighted by molar-refractivity contribution is 6.53. The minimum atomic E-state index is -0.711. The third-order valence-electron chi connectivity index (χ3n) is 4.22. The number of halogens is 1. The van der Waals surface area contributed by atoms with E-state index in [0.29, 0.717) is 5.69 Å². The SMILES string of the molecule is CCOC(=O)c1ccc(N2C(=O)C(Cl)=C(Nc3cccc(C(=O)OC)c3)C2=O)cc1. The van der Waals surface area contributed by atoms with E-state index < -0.39 is 23.8 Å². The first kappa shape index (κ1) is 21.1. The van der Waals surface area contributed by atoms with Crippen LogP contribution in [0.5, 0.6) is 0 Å². The maximum Gasteiger partial charge on any atom is 0.338 e. The molecule has 0 aliphatic carbocycles. The van der Waals surface area contributed by atoms with Gasteiger partial charge in [-0.3, -0.25) is 9.59 Å². The average Bonchev–Trinajstić information content (AvgIpc) is 2.97. The molecule has 3 rings (SSSR count). The Labute approximate surface area is 177 Å². The van der Waals surface area contributed by atoms with Gasteiger partial charge in [-0.25, -0.2) is 14.5 Å². The predicted octanol–water partition coefficient (Wildman–Crippen LogP) is 3.09. The maximum atomic E-state index is 12.8. The summed E-state index contributed by atoms with van der Waals surface area (Å²) in [6.07, 6.45) is 0. The molecular formula is C21H17ClN2O6. The Bertz CT molecular complexity index is 1060. The van der Waals surface area contributed by atoms with Gasteiger partial charge in [-0.1, -0.05) is 17.7 Å². The topological polar surface area (TPSA) is 102 Å². The van der Waals surface area contributed by atoms with Crippen molar-refractivity contribution in [2.75, 3.05) is 23.9 Å². The van der Waals surface area contributed by atoms with Crippen molar-refractivity contribution in [1.29, 1.82) is 0 Å². The van der Waals surface area contributed by atoms with Crippen LogP contribution in [0.15, 0.2) is 59.3 Å². The number of carbonyl (C=O) groups excluding carboxylic acids is 4. The van der Waals surface area contributed by atoms with E-state index in [2.05, 4.69) is 10.1 Å². The van der Waals surface area contributed by atoms with Crippen LogP contribution in [-0.4, -0.2) is 37.5 Å². The predicted molar refractivity (Wildman–Crippen MR) is 109 cm³/mol. The third kappa shape index (κ3) is 4.04. The van der Waals surface area contributed by atoms with Crippen molar-refractivity contribution in [2.45, 2.75) is 6.92 Å². The Kier molecular flexibility index (Phi) is 6.17.